The Hall–Kier alpha value is -2.83. The molecule has 1 amide bonds. The minimum absolute atomic E-state index is 0.0580. The Balaban J connectivity index is 2.43. The summed E-state index contributed by atoms with van der Waals surface area (Å²) in [5.41, 5.74) is 0.145. The van der Waals surface area contributed by atoms with Gasteiger partial charge in [-0.15, -0.1) is 0 Å². The van der Waals surface area contributed by atoms with Crippen molar-refractivity contribution in [1.82, 2.24) is 9.88 Å². The second-order valence-electron chi connectivity index (χ2n) is 5.81. The first-order chi connectivity index (χ1) is 11.3. The lowest BCUT2D eigenvalue weighted by molar-refractivity contribution is -0.385. The average molecular weight is 331 g/mol. The number of nitro groups is 1. The topological polar surface area (TPSA) is 76.3 Å². The molecule has 0 spiro atoms. The van der Waals surface area contributed by atoms with Crippen LogP contribution in [0.4, 0.5) is 10.1 Å². The fourth-order valence-corrected chi connectivity index (χ4v) is 2.76. The molecule has 24 heavy (non-hydrogen) atoms. The Kier molecular flexibility index (Phi) is 5.23. The normalized spacial score (nSPS) is 12.0. The number of aromatic nitrogens is 1. The van der Waals surface area contributed by atoms with Crippen LogP contribution in [-0.4, -0.2) is 27.8 Å². The Morgan fingerprint density at radius 2 is 2.04 bits per heavy atom. The quantitative estimate of drug-likeness (QED) is 0.619. The third kappa shape index (κ3) is 3.56. The fraction of sp³-hybridized carbons (Fsp3) is 0.294. The van der Waals surface area contributed by atoms with Gasteiger partial charge in [0, 0.05) is 19.4 Å². The molecule has 0 aliphatic heterocycles. The number of carbonyl (C=O) groups excluding carboxylic acids is 1. The third-order valence-electron chi connectivity index (χ3n) is 3.78. The molecule has 1 unspecified atom stereocenters. The maximum absolute atomic E-state index is 13.3. The SMILES string of the molecule is CC(C)C(c1cccnc1)N(C)C(=O)c1ccc(F)cc1[N+](=O)[O-]. The van der Waals surface area contributed by atoms with Crippen LogP contribution in [0, 0.1) is 21.8 Å². The van der Waals surface area contributed by atoms with Gasteiger partial charge in [-0.3, -0.25) is 19.9 Å². The van der Waals surface area contributed by atoms with Gasteiger partial charge in [0.2, 0.25) is 0 Å². The van der Waals surface area contributed by atoms with Gasteiger partial charge in [-0.25, -0.2) is 4.39 Å². The Morgan fingerprint density at radius 1 is 1.33 bits per heavy atom. The number of carbonyl (C=O) groups is 1. The van der Waals surface area contributed by atoms with E-state index >= 15 is 0 Å². The van der Waals surface area contributed by atoms with E-state index in [2.05, 4.69) is 4.98 Å². The van der Waals surface area contributed by atoms with E-state index in [1.54, 1.807) is 25.5 Å². The average Bonchev–Trinajstić information content (AvgIpc) is 2.54. The highest BCUT2D eigenvalue weighted by atomic mass is 19.1. The second-order valence-corrected chi connectivity index (χ2v) is 5.81. The van der Waals surface area contributed by atoms with Gasteiger partial charge in [0.15, 0.2) is 0 Å². The van der Waals surface area contributed by atoms with Gasteiger partial charge in [0.25, 0.3) is 11.6 Å². The first-order valence-corrected chi connectivity index (χ1v) is 7.44. The molecule has 0 N–H and O–H groups in total. The lowest BCUT2D eigenvalue weighted by Gasteiger charge is -2.31. The van der Waals surface area contributed by atoms with Crippen molar-refractivity contribution in [3.8, 4) is 0 Å². The van der Waals surface area contributed by atoms with Gasteiger partial charge < -0.3 is 4.90 Å². The van der Waals surface area contributed by atoms with Crippen LogP contribution < -0.4 is 0 Å². The van der Waals surface area contributed by atoms with E-state index in [1.807, 2.05) is 19.9 Å². The number of rotatable bonds is 5. The number of halogens is 1. The summed E-state index contributed by atoms with van der Waals surface area (Å²) >= 11 is 0. The molecule has 1 atom stereocenters. The van der Waals surface area contributed by atoms with Crippen molar-refractivity contribution < 1.29 is 14.1 Å². The minimum atomic E-state index is -0.756. The number of nitro benzene ring substituents is 1. The number of hydrogen-bond donors (Lipinski definition) is 0. The summed E-state index contributed by atoms with van der Waals surface area (Å²) in [7, 11) is 1.58. The van der Waals surface area contributed by atoms with Gasteiger partial charge in [-0.1, -0.05) is 19.9 Å². The van der Waals surface area contributed by atoms with Crippen molar-refractivity contribution in [2.24, 2.45) is 5.92 Å². The summed E-state index contributed by atoms with van der Waals surface area (Å²) in [6.07, 6.45) is 3.29. The molecular weight excluding hydrogens is 313 g/mol. The van der Waals surface area contributed by atoms with E-state index in [1.165, 1.54) is 4.90 Å². The Labute approximate surface area is 139 Å². The number of nitrogens with zero attached hydrogens (tertiary/aromatic N) is 3. The molecule has 1 aromatic heterocycles. The van der Waals surface area contributed by atoms with Gasteiger partial charge in [-0.05, 0) is 29.7 Å². The predicted octanol–water partition coefficient (Wildman–Crippen LogP) is 3.60. The molecule has 0 bridgehead atoms. The fourth-order valence-electron chi connectivity index (χ4n) is 2.76. The first-order valence-electron chi connectivity index (χ1n) is 7.44. The lowest BCUT2D eigenvalue weighted by atomic mass is 9.95. The second kappa shape index (κ2) is 7.16. The van der Waals surface area contributed by atoms with Crippen LogP contribution in [0.3, 0.4) is 0 Å². The monoisotopic (exact) mass is 331 g/mol. The highest BCUT2D eigenvalue weighted by molar-refractivity contribution is 5.98. The van der Waals surface area contributed by atoms with Crippen molar-refractivity contribution in [3.05, 3.63) is 69.8 Å². The van der Waals surface area contributed by atoms with Crippen LogP contribution in [0.15, 0.2) is 42.7 Å². The van der Waals surface area contributed by atoms with Crippen LogP contribution in [0.2, 0.25) is 0 Å². The van der Waals surface area contributed by atoms with Crippen molar-refractivity contribution in [3.63, 3.8) is 0 Å². The molecule has 6 nitrogen and oxygen atoms in total. The van der Waals surface area contributed by atoms with Gasteiger partial charge in [0.05, 0.1) is 17.0 Å². The molecule has 1 heterocycles. The van der Waals surface area contributed by atoms with Crippen LogP contribution in [0.1, 0.15) is 35.8 Å². The van der Waals surface area contributed by atoms with E-state index in [4.69, 9.17) is 0 Å². The molecule has 0 fully saturated rings. The highest BCUT2D eigenvalue weighted by Crippen LogP contribution is 2.30. The van der Waals surface area contributed by atoms with Gasteiger partial charge >= 0.3 is 0 Å². The number of amides is 1. The maximum atomic E-state index is 13.3. The van der Waals surface area contributed by atoms with Crippen molar-refractivity contribution in [2.75, 3.05) is 7.05 Å². The van der Waals surface area contributed by atoms with Gasteiger partial charge in [-0.2, -0.15) is 0 Å². The third-order valence-corrected chi connectivity index (χ3v) is 3.78. The molecule has 0 saturated carbocycles. The highest BCUT2D eigenvalue weighted by Gasteiger charge is 2.30. The van der Waals surface area contributed by atoms with Crippen LogP contribution in [-0.2, 0) is 0 Å². The van der Waals surface area contributed by atoms with Crippen molar-refractivity contribution in [1.29, 1.82) is 0 Å². The standard InChI is InChI=1S/C17H18FN3O3/c1-11(2)16(12-5-4-8-19-10-12)20(3)17(22)14-7-6-13(18)9-15(14)21(23)24/h4-11,16H,1-3H3. The lowest BCUT2D eigenvalue weighted by Crippen LogP contribution is -2.34. The van der Waals surface area contributed by atoms with Crippen molar-refractivity contribution >= 4 is 11.6 Å². The van der Waals surface area contributed by atoms with Crippen LogP contribution >= 0.6 is 0 Å². The van der Waals surface area contributed by atoms with E-state index in [0.29, 0.717) is 0 Å². The van der Waals surface area contributed by atoms with E-state index in [0.717, 1.165) is 23.8 Å². The summed E-state index contributed by atoms with van der Waals surface area (Å²) in [6.45, 7) is 3.89. The molecular formula is C17H18FN3O3. The zero-order chi connectivity index (χ0) is 17.9. The molecule has 2 rings (SSSR count). The predicted molar refractivity (Wildman–Crippen MR) is 87.0 cm³/mol. The summed E-state index contributed by atoms with van der Waals surface area (Å²) in [5, 5.41) is 11.1. The summed E-state index contributed by atoms with van der Waals surface area (Å²) < 4.78 is 13.3. The number of hydrogen-bond acceptors (Lipinski definition) is 4. The number of pyridine rings is 1. The summed E-state index contributed by atoms with van der Waals surface area (Å²) in [4.78, 5) is 28.7. The first kappa shape index (κ1) is 17.5. The zero-order valence-corrected chi connectivity index (χ0v) is 13.6. The molecule has 1 aromatic carbocycles. The smallest absolute Gasteiger partial charge is 0.285 e. The molecule has 126 valence electrons. The zero-order valence-electron chi connectivity index (χ0n) is 13.6. The number of benzene rings is 1. The van der Waals surface area contributed by atoms with Gasteiger partial charge in [0.1, 0.15) is 11.4 Å². The Bertz CT molecular complexity index is 750. The largest absolute Gasteiger partial charge is 0.334 e. The minimum Gasteiger partial charge on any atom is -0.334 e. The van der Waals surface area contributed by atoms with E-state index in [9.17, 15) is 19.3 Å². The summed E-state index contributed by atoms with van der Waals surface area (Å²) in [6, 6.07) is 6.25. The van der Waals surface area contributed by atoms with Crippen LogP contribution in [0.25, 0.3) is 0 Å². The Morgan fingerprint density at radius 3 is 2.58 bits per heavy atom. The molecule has 2 aromatic rings. The van der Waals surface area contributed by atoms with E-state index in [-0.39, 0.29) is 17.5 Å². The molecule has 0 aliphatic carbocycles. The van der Waals surface area contributed by atoms with Crippen molar-refractivity contribution in [2.45, 2.75) is 19.9 Å². The molecule has 0 saturated heterocycles. The van der Waals surface area contributed by atoms with Crippen LogP contribution in [0.5, 0.6) is 0 Å². The molecule has 0 aliphatic rings. The molecule has 0 radical (unpaired) electrons. The summed E-state index contributed by atoms with van der Waals surface area (Å²) in [5.74, 6) is -1.24. The maximum Gasteiger partial charge on any atom is 0.285 e. The molecule has 7 heteroatoms. The van der Waals surface area contributed by atoms with E-state index < -0.39 is 22.3 Å².